The summed E-state index contributed by atoms with van der Waals surface area (Å²) < 4.78 is 76.5. The molecular formula is C18H15F6NO. The first-order valence-electron chi connectivity index (χ1n) is 7.50. The van der Waals surface area contributed by atoms with Crippen molar-refractivity contribution in [2.45, 2.75) is 32.3 Å². The molecule has 0 spiro atoms. The molecule has 0 saturated carbocycles. The predicted molar refractivity (Wildman–Crippen MR) is 84.0 cm³/mol. The van der Waals surface area contributed by atoms with E-state index in [0.717, 1.165) is 18.2 Å². The first kappa shape index (κ1) is 21.5. The molecule has 2 rings (SSSR count). The molecule has 0 aromatic heterocycles. The van der Waals surface area contributed by atoms with E-state index >= 15 is 0 Å². The van der Waals surface area contributed by atoms with Crippen molar-refractivity contribution in [3.63, 3.8) is 0 Å². The molecule has 0 fully saturated rings. The summed E-state index contributed by atoms with van der Waals surface area (Å²) in [5, 5.41) is 18.0. The van der Waals surface area contributed by atoms with Crippen LogP contribution in [0.25, 0.3) is 11.1 Å². The van der Waals surface area contributed by atoms with Gasteiger partial charge in [-0.3, -0.25) is 0 Å². The highest BCUT2D eigenvalue weighted by Gasteiger charge is 2.39. The molecule has 0 heterocycles. The molecule has 26 heavy (non-hydrogen) atoms. The lowest BCUT2D eigenvalue weighted by atomic mass is 9.97. The van der Waals surface area contributed by atoms with Gasteiger partial charge in [-0.25, -0.2) is 0 Å². The molecule has 0 bridgehead atoms. The van der Waals surface area contributed by atoms with Crippen molar-refractivity contribution in [3.8, 4) is 17.2 Å². The van der Waals surface area contributed by atoms with Crippen LogP contribution in [0.1, 0.15) is 36.6 Å². The Morgan fingerprint density at radius 1 is 0.923 bits per heavy atom. The molecule has 2 aromatic carbocycles. The van der Waals surface area contributed by atoms with Crippen LogP contribution in [-0.4, -0.2) is 11.3 Å². The number of alkyl halides is 6. The fourth-order valence-electron chi connectivity index (χ4n) is 2.13. The molecule has 0 radical (unpaired) electrons. The second-order valence-corrected chi connectivity index (χ2v) is 4.94. The van der Waals surface area contributed by atoms with E-state index in [2.05, 4.69) is 0 Å². The Hall–Kier alpha value is -2.53. The van der Waals surface area contributed by atoms with E-state index < -0.39 is 35.1 Å². The van der Waals surface area contributed by atoms with Gasteiger partial charge in [0.1, 0.15) is 0 Å². The molecule has 2 aromatic rings. The van der Waals surface area contributed by atoms with Gasteiger partial charge in [0, 0.05) is 0 Å². The lowest BCUT2D eigenvalue weighted by Crippen LogP contribution is -2.20. The zero-order valence-electron chi connectivity index (χ0n) is 13.8. The Kier molecular flexibility index (Phi) is 6.81. The number of aliphatic hydroxyl groups is 1. The van der Waals surface area contributed by atoms with Gasteiger partial charge in [-0.2, -0.15) is 31.6 Å². The SMILES string of the molecule is CC.N#Cc1ccc(-c2cccc(C(O)C(F)(F)F)c2)cc1C(F)(F)F. The summed E-state index contributed by atoms with van der Waals surface area (Å²) in [6.07, 6.45) is -12.4. The maximum Gasteiger partial charge on any atom is 0.418 e. The minimum absolute atomic E-state index is 0.0162. The third kappa shape index (κ3) is 4.99. The largest absolute Gasteiger partial charge is 0.418 e. The summed E-state index contributed by atoms with van der Waals surface area (Å²) in [5.74, 6) is 0. The Morgan fingerprint density at radius 2 is 1.50 bits per heavy atom. The van der Waals surface area contributed by atoms with Crippen LogP contribution in [0.15, 0.2) is 42.5 Å². The fourth-order valence-corrected chi connectivity index (χ4v) is 2.13. The van der Waals surface area contributed by atoms with Crippen molar-refractivity contribution in [2.24, 2.45) is 0 Å². The molecule has 0 amide bonds. The smallest absolute Gasteiger partial charge is 0.379 e. The topological polar surface area (TPSA) is 44.0 Å². The number of nitrogens with zero attached hydrogens (tertiary/aromatic N) is 1. The highest BCUT2D eigenvalue weighted by molar-refractivity contribution is 5.67. The molecule has 1 unspecified atom stereocenters. The van der Waals surface area contributed by atoms with Gasteiger partial charge in [-0.05, 0) is 34.9 Å². The van der Waals surface area contributed by atoms with Gasteiger partial charge in [0.25, 0.3) is 0 Å². The number of nitriles is 1. The van der Waals surface area contributed by atoms with Crippen molar-refractivity contribution in [1.82, 2.24) is 0 Å². The average Bonchev–Trinajstić information content (AvgIpc) is 2.60. The normalized spacial score (nSPS) is 12.6. The number of benzene rings is 2. The van der Waals surface area contributed by atoms with Crippen LogP contribution in [0.3, 0.4) is 0 Å². The van der Waals surface area contributed by atoms with E-state index in [9.17, 15) is 31.4 Å². The van der Waals surface area contributed by atoms with Crippen LogP contribution >= 0.6 is 0 Å². The monoisotopic (exact) mass is 375 g/mol. The van der Waals surface area contributed by atoms with E-state index in [0.29, 0.717) is 6.07 Å². The number of hydrogen-bond donors (Lipinski definition) is 1. The second kappa shape index (κ2) is 8.23. The van der Waals surface area contributed by atoms with Crippen LogP contribution in [0, 0.1) is 11.3 Å². The number of halogens is 6. The van der Waals surface area contributed by atoms with Crippen molar-refractivity contribution in [2.75, 3.05) is 0 Å². The molecule has 0 aliphatic carbocycles. The summed E-state index contributed by atoms with van der Waals surface area (Å²) in [6, 6.07) is 8.76. The van der Waals surface area contributed by atoms with Gasteiger partial charge >= 0.3 is 12.4 Å². The summed E-state index contributed by atoms with van der Waals surface area (Å²) >= 11 is 0. The van der Waals surface area contributed by atoms with Crippen LogP contribution in [-0.2, 0) is 6.18 Å². The van der Waals surface area contributed by atoms with Crippen LogP contribution in [0.2, 0.25) is 0 Å². The fraction of sp³-hybridized carbons (Fsp3) is 0.278. The second-order valence-electron chi connectivity index (χ2n) is 4.94. The Morgan fingerprint density at radius 3 is 2.00 bits per heavy atom. The van der Waals surface area contributed by atoms with Gasteiger partial charge in [0.05, 0.1) is 17.2 Å². The van der Waals surface area contributed by atoms with Crippen LogP contribution in [0.4, 0.5) is 26.3 Å². The zero-order chi connectivity index (χ0) is 20.1. The van der Waals surface area contributed by atoms with E-state index in [-0.39, 0.29) is 11.1 Å². The lowest BCUT2D eigenvalue weighted by molar-refractivity contribution is -0.206. The number of aliphatic hydroxyl groups excluding tert-OH is 1. The van der Waals surface area contributed by atoms with Crippen LogP contribution in [0.5, 0.6) is 0 Å². The van der Waals surface area contributed by atoms with Crippen molar-refractivity contribution >= 4 is 0 Å². The molecule has 8 heteroatoms. The van der Waals surface area contributed by atoms with Crippen LogP contribution < -0.4 is 0 Å². The van der Waals surface area contributed by atoms with Gasteiger partial charge in [-0.1, -0.05) is 38.1 Å². The standard InChI is InChI=1S/C16H9F6NO.C2H6/c17-15(18,19)13-7-10(4-5-12(13)8-23)9-2-1-3-11(6-9)14(24)16(20,21)22;1-2/h1-7,14,24H;1-2H3. The molecule has 1 N–H and O–H groups in total. The maximum absolute atomic E-state index is 13.0. The first-order valence-corrected chi connectivity index (χ1v) is 7.50. The van der Waals surface area contributed by atoms with Gasteiger partial charge in [0.2, 0.25) is 0 Å². The third-order valence-corrected chi connectivity index (χ3v) is 3.29. The van der Waals surface area contributed by atoms with E-state index in [1.165, 1.54) is 24.3 Å². The first-order chi connectivity index (χ1) is 12.0. The minimum Gasteiger partial charge on any atom is -0.379 e. The Bertz CT molecular complexity index is 789. The summed E-state index contributed by atoms with van der Waals surface area (Å²) in [7, 11) is 0. The molecule has 0 saturated heterocycles. The molecule has 140 valence electrons. The highest BCUT2D eigenvalue weighted by atomic mass is 19.4. The highest BCUT2D eigenvalue weighted by Crippen LogP contribution is 2.37. The number of hydrogen-bond acceptors (Lipinski definition) is 2. The van der Waals surface area contributed by atoms with Crippen molar-refractivity contribution < 1.29 is 31.4 Å². The maximum atomic E-state index is 13.0. The Balaban J connectivity index is 0.00000163. The van der Waals surface area contributed by atoms with E-state index in [1.807, 2.05) is 13.8 Å². The van der Waals surface area contributed by atoms with Gasteiger partial charge in [0.15, 0.2) is 6.10 Å². The quantitative estimate of drug-likeness (QED) is 0.668. The third-order valence-electron chi connectivity index (χ3n) is 3.29. The molecule has 0 aliphatic heterocycles. The van der Waals surface area contributed by atoms with Crippen molar-refractivity contribution in [3.05, 3.63) is 59.2 Å². The lowest BCUT2D eigenvalue weighted by Gasteiger charge is -2.16. The predicted octanol–water partition coefficient (Wildman–Crippen LogP) is 5.87. The van der Waals surface area contributed by atoms with E-state index in [4.69, 9.17) is 5.26 Å². The summed E-state index contributed by atoms with van der Waals surface area (Å²) in [6.45, 7) is 4.00. The molecular weight excluding hydrogens is 360 g/mol. The van der Waals surface area contributed by atoms with Crippen molar-refractivity contribution in [1.29, 1.82) is 5.26 Å². The zero-order valence-corrected chi connectivity index (χ0v) is 13.8. The number of rotatable bonds is 2. The summed E-state index contributed by atoms with van der Waals surface area (Å²) in [5.41, 5.74) is -2.21. The molecule has 1 atom stereocenters. The summed E-state index contributed by atoms with van der Waals surface area (Å²) in [4.78, 5) is 0. The molecule has 0 aliphatic rings. The molecule has 2 nitrogen and oxygen atoms in total. The van der Waals surface area contributed by atoms with Gasteiger partial charge < -0.3 is 5.11 Å². The van der Waals surface area contributed by atoms with E-state index in [1.54, 1.807) is 0 Å². The minimum atomic E-state index is -4.89. The van der Waals surface area contributed by atoms with Gasteiger partial charge in [-0.15, -0.1) is 0 Å². The Labute approximate surface area is 146 Å². The average molecular weight is 375 g/mol.